The number of allylic oxidation sites excluding steroid dienone is 1. The zero-order chi connectivity index (χ0) is 27.2. The molecule has 0 heterocycles. The summed E-state index contributed by atoms with van der Waals surface area (Å²) in [6, 6.07) is 0. The van der Waals surface area contributed by atoms with Gasteiger partial charge in [-0.3, -0.25) is 9.59 Å². The van der Waals surface area contributed by atoms with E-state index in [4.69, 9.17) is 9.47 Å². The first-order valence-electron chi connectivity index (χ1n) is 14.8. The second kappa shape index (κ2) is 8.57. The quantitative estimate of drug-likeness (QED) is 0.352. The molecule has 37 heavy (non-hydrogen) atoms. The monoisotopic (exact) mass is 514 g/mol. The average molecular weight is 515 g/mol. The van der Waals surface area contributed by atoms with Gasteiger partial charge in [0.2, 0.25) is 0 Å². The number of carbonyl (C=O) groups excluding carboxylic acids is 2. The molecule has 0 aromatic rings. The molecule has 0 saturated heterocycles. The summed E-state index contributed by atoms with van der Waals surface area (Å²) in [7, 11) is 3.07. The highest BCUT2D eigenvalue weighted by Gasteiger charge is 2.76. The van der Waals surface area contributed by atoms with E-state index in [0.29, 0.717) is 24.7 Å². The van der Waals surface area contributed by atoms with E-state index >= 15 is 0 Å². The van der Waals surface area contributed by atoms with Crippen LogP contribution in [0.3, 0.4) is 0 Å². The van der Waals surface area contributed by atoms with Crippen molar-refractivity contribution >= 4 is 11.9 Å². The summed E-state index contributed by atoms with van der Waals surface area (Å²) in [4.78, 5) is 27.7. The summed E-state index contributed by atoms with van der Waals surface area (Å²) in [6.07, 6.45) is 8.70. The number of hydrogen-bond acceptors (Lipinski definition) is 5. The molecule has 5 nitrogen and oxygen atoms in total. The first-order valence-corrected chi connectivity index (χ1v) is 14.8. The van der Waals surface area contributed by atoms with Crippen LogP contribution in [0.4, 0.5) is 0 Å². The van der Waals surface area contributed by atoms with Gasteiger partial charge in [-0.15, -0.1) is 0 Å². The first-order chi connectivity index (χ1) is 17.3. The number of esters is 2. The molecule has 5 saturated carbocycles. The van der Waals surface area contributed by atoms with Crippen molar-refractivity contribution in [2.24, 2.45) is 56.7 Å². The number of aliphatic hydroxyl groups excluding tert-OH is 1. The van der Waals surface area contributed by atoms with Crippen LogP contribution in [0.5, 0.6) is 0 Å². The van der Waals surface area contributed by atoms with Crippen molar-refractivity contribution in [2.75, 3.05) is 14.2 Å². The smallest absolute Gasteiger partial charge is 0.312 e. The van der Waals surface area contributed by atoms with E-state index in [1.54, 1.807) is 7.11 Å². The molecular formula is C32H50O5. The zero-order valence-electron chi connectivity index (χ0n) is 24.3. The van der Waals surface area contributed by atoms with E-state index < -0.39 is 10.8 Å². The molecule has 5 fully saturated rings. The third kappa shape index (κ3) is 3.19. The Morgan fingerprint density at radius 2 is 1.49 bits per heavy atom. The second-order valence-corrected chi connectivity index (χ2v) is 14.8. The number of carbonyl (C=O) groups is 2. The lowest BCUT2D eigenvalue weighted by Gasteiger charge is -2.72. The van der Waals surface area contributed by atoms with Crippen molar-refractivity contribution in [3.05, 3.63) is 12.2 Å². The summed E-state index contributed by atoms with van der Waals surface area (Å²) < 4.78 is 11.2. The molecule has 5 aliphatic rings. The van der Waals surface area contributed by atoms with Crippen LogP contribution in [-0.2, 0) is 19.1 Å². The second-order valence-electron chi connectivity index (χ2n) is 14.8. The van der Waals surface area contributed by atoms with Crippen molar-refractivity contribution in [3.8, 4) is 0 Å². The minimum atomic E-state index is -0.612. The van der Waals surface area contributed by atoms with Crippen molar-refractivity contribution in [1.29, 1.82) is 0 Å². The minimum Gasteiger partial charge on any atom is -0.469 e. The number of hydrogen-bond donors (Lipinski definition) is 1. The number of fused-ring (bicyclic) bond motifs is 7. The van der Waals surface area contributed by atoms with E-state index in [1.165, 1.54) is 7.11 Å². The third-order valence-electron chi connectivity index (χ3n) is 13.6. The highest BCUT2D eigenvalue weighted by Crippen LogP contribution is 2.78. The molecule has 10 atom stereocenters. The van der Waals surface area contributed by atoms with Crippen LogP contribution in [0, 0.1) is 56.7 Å². The first kappa shape index (κ1) is 27.2. The molecular weight excluding hydrogens is 464 g/mol. The molecule has 5 heteroatoms. The number of methoxy groups -OCH3 is 2. The van der Waals surface area contributed by atoms with Crippen molar-refractivity contribution in [1.82, 2.24) is 0 Å². The van der Waals surface area contributed by atoms with Gasteiger partial charge in [0.15, 0.2) is 0 Å². The normalized spacial score (nSPS) is 50.1. The molecule has 1 N–H and O–H groups in total. The van der Waals surface area contributed by atoms with Crippen LogP contribution in [0.25, 0.3) is 0 Å². The van der Waals surface area contributed by atoms with Crippen LogP contribution in [-0.4, -0.2) is 37.4 Å². The molecule has 0 radical (unpaired) electrons. The van der Waals surface area contributed by atoms with E-state index in [0.717, 1.165) is 56.9 Å². The molecule has 0 bridgehead atoms. The van der Waals surface area contributed by atoms with Crippen molar-refractivity contribution < 1.29 is 24.2 Å². The molecule has 208 valence electrons. The summed E-state index contributed by atoms with van der Waals surface area (Å²) in [5.74, 6) is 1.04. The molecule has 5 aliphatic carbocycles. The highest BCUT2D eigenvalue weighted by atomic mass is 16.5. The van der Waals surface area contributed by atoms with Crippen LogP contribution in [0.15, 0.2) is 12.2 Å². The van der Waals surface area contributed by atoms with Gasteiger partial charge in [0.1, 0.15) is 0 Å². The number of ether oxygens (including phenoxy) is 2. The Hall–Kier alpha value is -1.36. The highest BCUT2D eigenvalue weighted by molar-refractivity contribution is 5.82. The largest absolute Gasteiger partial charge is 0.469 e. The van der Waals surface area contributed by atoms with E-state index in [1.807, 2.05) is 0 Å². The van der Waals surface area contributed by atoms with Gasteiger partial charge >= 0.3 is 11.9 Å². The Labute approximate surface area is 224 Å². The predicted octanol–water partition coefficient (Wildman–Crippen LogP) is 6.33. The Morgan fingerprint density at radius 1 is 0.811 bits per heavy atom. The lowest BCUT2D eigenvalue weighted by Crippen LogP contribution is -2.70. The molecule has 0 aromatic heterocycles. The van der Waals surface area contributed by atoms with Crippen LogP contribution >= 0.6 is 0 Å². The van der Waals surface area contributed by atoms with Crippen molar-refractivity contribution in [2.45, 2.75) is 105 Å². The minimum absolute atomic E-state index is 0.0623. The zero-order valence-corrected chi connectivity index (χ0v) is 24.3. The fraction of sp³-hybridized carbons (Fsp3) is 0.875. The summed E-state index contributed by atoms with van der Waals surface area (Å²) >= 11 is 0. The van der Waals surface area contributed by atoms with Crippen molar-refractivity contribution in [3.63, 3.8) is 0 Å². The topological polar surface area (TPSA) is 72.8 Å². The standard InChI is InChI=1S/C32H50O5/c1-19(2)20-11-16-31(26(34)36-7)17-18-32(27(35)37-8)21(25(20)31)9-10-23-29(5)14-13-24(33)28(3,4)22(29)12-15-30(23,32)6/h20-25,33H,1,9-18H2,2-8H3/t20-,21+,22-,23+,24-,25+,29-,30+,31-,32+/m0/s1. The lowest BCUT2D eigenvalue weighted by molar-refractivity contribution is -0.256. The van der Waals surface area contributed by atoms with Crippen LogP contribution < -0.4 is 0 Å². The number of aliphatic hydroxyl groups is 1. The number of rotatable bonds is 3. The average Bonchev–Trinajstić information content (AvgIpc) is 3.26. The van der Waals surface area contributed by atoms with Gasteiger partial charge in [-0.25, -0.2) is 0 Å². The Morgan fingerprint density at radius 3 is 2.11 bits per heavy atom. The van der Waals surface area contributed by atoms with Crippen LogP contribution in [0.1, 0.15) is 98.8 Å². The Kier molecular flexibility index (Phi) is 6.30. The van der Waals surface area contributed by atoms with Gasteiger partial charge in [0.05, 0.1) is 31.2 Å². The van der Waals surface area contributed by atoms with Gasteiger partial charge in [0.25, 0.3) is 0 Å². The van der Waals surface area contributed by atoms with Gasteiger partial charge in [-0.2, -0.15) is 0 Å². The van der Waals surface area contributed by atoms with E-state index in [9.17, 15) is 14.7 Å². The summed E-state index contributed by atoms with van der Waals surface area (Å²) in [5, 5.41) is 11.0. The fourth-order valence-corrected chi connectivity index (χ4v) is 12.0. The van der Waals surface area contributed by atoms with Gasteiger partial charge in [-0.05, 0) is 117 Å². The van der Waals surface area contributed by atoms with Gasteiger partial charge in [-0.1, -0.05) is 39.8 Å². The van der Waals surface area contributed by atoms with E-state index in [-0.39, 0.29) is 52.0 Å². The maximum absolute atomic E-state index is 14.2. The van der Waals surface area contributed by atoms with Gasteiger partial charge < -0.3 is 14.6 Å². The summed E-state index contributed by atoms with van der Waals surface area (Å²) in [6.45, 7) is 15.8. The molecule has 0 spiro atoms. The molecule has 0 aromatic carbocycles. The van der Waals surface area contributed by atoms with Crippen LogP contribution in [0.2, 0.25) is 0 Å². The molecule has 0 amide bonds. The summed E-state index contributed by atoms with van der Waals surface area (Å²) in [5.41, 5.74) is -0.283. The van der Waals surface area contributed by atoms with Gasteiger partial charge in [0, 0.05) is 0 Å². The molecule has 5 rings (SSSR count). The molecule has 0 unspecified atom stereocenters. The maximum Gasteiger partial charge on any atom is 0.312 e. The Bertz CT molecular complexity index is 986. The third-order valence-corrected chi connectivity index (χ3v) is 13.6. The lowest BCUT2D eigenvalue weighted by atomic mass is 9.32. The fourth-order valence-electron chi connectivity index (χ4n) is 12.0. The van der Waals surface area contributed by atoms with E-state index in [2.05, 4.69) is 41.2 Å². The Balaban J connectivity index is 1.65. The SMILES string of the molecule is C=C(C)[C@@H]1CC[C@]2(C(=O)OC)CC[C@]3(C(=O)OC)[C@H](CC[C@@H]4[C@@]5(C)CC[C@H](O)C(C)(C)[C@@H]5CC[C@]43C)[C@@H]12. The predicted molar refractivity (Wildman–Crippen MR) is 143 cm³/mol. The maximum atomic E-state index is 14.2. The molecule has 0 aliphatic heterocycles.